The van der Waals surface area contributed by atoms with Crippen molar-refractivity contribution in [3.05, 3.63) is 63.4 Å². The van der Waals surface area contributed by atoms with Crippen molar-refractivity contribution in [2.45, 2.75) is 6.18 Å². The lowest BCUT2D eigenvalue weighted by Crippen LogP contribution is -2.06. The van der Waals surface area contributed by atoms with E-state index in [-0.39, 0.29) is 22.1 Å². The summed E-state index contributed by atoms with van der Waals surface area (Å²) in [4.78, 5) is 14.4. The van der Waals surface area contributed by atoms with Crippen molar-refractivity contribution in [2.24, 2.45) is 0 Å². The number of alkyl halides is 3. The molecule has 23 heavy (non-hydrogen) atoms. The number of nitro groups is 1. The fourth-order valence-electron chi connectivity index (χ4n) is 2.13. The van der Waals surface area contributed by atoms with E-state index in [0.717, 1.165) is 16.7 Å². The van der Waals surface area contributed by atoms with E-state index in [0.29, 0.717) is 5.56 Å². The quantitative estimate of drug-likeness (QED) is 0.506. The first-order valence-electron chi connectivity index (χ1n) is 6.26. The highest BCUT2D eigenvalue weighted by Gasteiger charge is 2.32. The van der Waals surface area contributed by atoms with E-state index in [1.165, 1.54) is 24.4 Å². The molecule has 5 nitrogen and oxygen atoms in total. The predicted octanol–water partition coefficient (Wildman–Crippen LogP) is 4.58. The number of imidazole rings is 1. The van der Waals surface area contributed by atoms with Crippen molar-refractivity contribution in [1.29, 1.82) is 0 Å². The first-order valence-corrected chi connectivity index (χ1v) is 6.64. The molecule has 0 aliphatic heterocycles. The number of hydrogen-bond donors (Lipinski definition) is 0. The Balaban J connectivity index is 2.15. The molecule has 0 saturated carbocycles. The van der Waals surface area contributed by atoms with Gasteiger partial charge in [-0.1, -0.05) is 23.7 Å². The minimum absolute atomic E-state index is 0.137. The molecule has 118 valence electrons. The van der Waals surface area contributed by atoms with Crippen LogP contribution in [-0.2, 0) is 6.18 Å². The summed E-state index contributed by atoms with van der Waals surface area (Å²) in [6.45, 7) is 0. The topological polar surface area (TPSA) is 60.4 Å². The zero-order chi connectivity index (χ0) is 16.8. The first-order chi connectivity index (χ1) is 10.8. The maximum absolute atomic E-state index is 12.8. The summed E-state index contributed by atoms with van der Waals surface area (Å²) in [5.74, 6) is 0. The average Bonchev–Trinajstić information content (AvgIpc) is 2.91. The molecule has 0 radical (unpaired) electrons. The molecule has 9 heteroatoms. The Hall–Kier alpha value is -2.61. The van der Waals surface area contributed by atoms with Gasteiger partial charge in [0.25, 0.3) is 5.69 Å². The molecule has 0 saturated heterocycles. The van der Waals surface area contributed by atoms with Crippen LogP contribution >= 0.6 is 11.6 Å². The van der Waals surface area contributed by atoms with Crippen molar-refractivity contribution in [2.75, 3.05) is 0 Å². The van der Waals surface area contributed by atoms with Gasteiger partial charge in [0.15, 0.2) is 5.65 Å². The van der Waals surface area contributed by atoms with E-state index < -0.39 is 16.7 Å². The van der Waals surface area contributed by atoms with Crippen LogP contribution in [0.4, 0.5) is 18.9 Å². The second-order valence-corrected chi connectivity index (χ2v) is 5.15. The fourth-order valence-corrected chi connectivity index (χ4v) is 2.39. The van der Waals surface area contributed by atoms with Gasteiger partial charge in [-0.3, -0.25) is 10.1 Å². The first kappa shape index (κ1) is 15.3. The van der Waals surface area contributed by atoms with Crippen molar-refractivity contribution in [3.63, 3.8) is 0 Å². The third kappa shape index (κ3) is 2.85. The predicted molar refractivity (Wildman–Crippen MR) is 77.3 cm³/mol. The number of halogens is 4. The van der Waals surface area contributed by atoms with Gasteiger partial charge in [0.1, 0.15) is 0 Å². The molecule has 0 spiro atoms. The minimum Gasteiger partial charge on any atom is -0.305 e. The molecule has 3 aromatic rings. The lowest BCUT2D eigenvalue weighted by Gasteiger charge is -2.07. The Morgan fingerprint density at radius 1 is 1.22 bits per heavy atom. The smallest absolute Gasteiger partial charge is 0.305 e. The van der Waals surface area contributed by atoms with E-state index in [1.807, 2.05) is 0 Å². The highest BCUT2D eigenvalue weighted by atomic mass is 35.5. The summed E-state index contributed by atoms with van der Waals surface area (Å²) in [7, 11) is 0. The highest BCUT2D eigenvalue weighted by Crippen LogP contribution is 2.33. The summed E-state index contributed by atoms with van der Waals surface area (Å²) >= 11 is 5.86. The standard InChI is InChI=1S/C14H7ClF3N3O2/c15-11-5-9(14(16,17)18)6-20-7-12(19-13(11)20)8-2-1-3-10(4-8)21(22)23/h1-7H. The van der Waals surface area contributed by atoms with E-state index >= 15 is 0 Å². The summed E-state index contributed by atoms with van der Waals surface area (Å²) in [5.41, 5.74) is -0.205. The van der Waals surface area contributed by atoms with Gasteiger partial charge in [-0.2, -0.15) is 13.2 Å². The minimum atomic E-state index is -4.53. The molecule has 0 N–H and O–H groups in total. The lowest BCUT2D eigenvalue weighted by molar-refractivity contribution is -0.384. The van der Waals surface area contributed by atoms with Crippen LogP contribution in [0, 0.1) is 10.1 Å². The summed E-state index contributed by atoms with van der Waals surface area (Å²) in [5, 5.41) is 10.6. The van der Waals surface area contributed by atoms with Gasteiger partial charge >= 0.3 is 6.18 Å². The molecule has 3 rings (SSSR count). The van der Waals surface area contributed by atoms with Crippen molar-refractivity contribution >= 4 is 22.9 Å². The molecule has 0 atom stereocenters. The molecule has 2 heterocycles. The van der Waals surface area contributed by atoms with Crippen LogP contribution in [0.15, 0.2) is 42.7 Å². The molecular formula is C14H7ClF3N3O2. The number of benzene rings is 1. The summed E-state index contributed by atoms with van der Waals surface area (Å²) < 4.78 is 39.6. The molecule has 0 bridgehead atoms. The number of aromatic nitrogens is 2. The Labute approximate surface area is 132 Å². The fraction of sp³-hybridized carbons (Fsp3) is 0.0714. The van der Waals surface area contributed by atoms with Gasteiger partial charge in [-0.05, 0) is 6.07 Å². The SMILES string of the molecule is O=[N+]([O-])c1cccc(-c2cn3cc(C(F)(F)F)cc(Cl)c3n2)c1. The monoisotopic (exact) mass is 341 g/mol. The number of non-ortho nitro benzene ring substituents is 1. The van der Waals surface area contributed by atoms with Gasteiger partial charge < -0.3 is 4.40 Å². The molecule has 0 aliphatic carbocycles. The van der Waals surface area contributed by atoms with Crippen LogP contribution in [0.3, 0.4) is 0 Å². The Morgan fingerprint density at radius 3 is 2.61 bits per heavy atom. The highest BCUT2D eigenvalue weighted by molar-refractivity contribution is 6.33. The van der Waals surface area contributed by atoms with Crippen LogP contribution in [0.1, 0.15) is 5.56 Å². The van der Waals surface area contributed by atoms with Crippen molar-refractivity contribution in [3.8, 4) is 11.3 Å². The molecule has 0 aliphatic rings. The third-order valence-electron chi connectivity index (χ3n) is 3.19. The van der Waals surface area contributed by atoms with Gasteiger partial charge in [0, 0.05) is 30.1 Å². The van der Waals surface area contributed by atoms with Gasteiger partial charge in [0.2, 0.25) is 0 Å². The van der Waals surface area contributed by atoms with Crippen LogP contribution in [-0.4, -0.2) is 14.3 Å². The molecule has 2 aromatic heterocycles. The number of nitro benzene ring substituents is 1. The van der Waals surface area contributed by atoms with E-state index in [9.17, 15) is 23.3 Å². The average molecular weight is 342 g/mol. The van der Waals surface area contributed by atoms with Crippen LogP contribution in [0.2, 0.25) is 5.02 Å². The summed E-state index contributed by atoms with van der Waals surface area (Å²) in [6, 6.07) is 6.45. The molecule has 0 amide bonds. The molecular weight excluding hydrogens is 335 g/mol. The molecule has 0 unspecified atom stereocenters. The van der Waals surface area contributed by atoms with Gasteiger partial charge in [-0.25, -0.2) is 4.98 Å². The van der Waals surface area contributed by atoms with E-state index in [2.05, 4.69) is 4.98 Å². The van der Waals surface area contributed by atoms with Gasteiger partial charge in [0.05, 0.1) is 21.2 Å². The number of hydrogen-bond acceptors (Lipinski definition) is 3. The molecule has 0 fully saturated rings. The van der Waals surface area contributed by atoms with Crippen LogP contribution < -0.4 is 0 Å². The van der Waals surface area contributed by atoms with Crippen molar-refractivity contribution < 1.29 is 18.1 Å². The Morgan fingerprint density at radius 2 is 1.96 bits per heavy atom. The number of nitrogens with zero attached hydrogens (tertiary/aromatic N) is 3. The van der Waals surface area contributed by atoms with E-state index in [1.54, 1.807) is 6.07 Å². The zero-order valence-electron chi connectivity index (χ0n) is 11.2. The molecule has 1 aromatic carbocycles. The number of pyridine rings is 1. The second kappa shape index (κ2) is 5.24. The number of fused-ring (bicyclic) bond motifs is 1. The normalized spacial score (nSPS) is 11.8. The van der Waals surface area contributed by atoms with Crippen LogP contribution in [0.5, 0.6) is 0 Å². The van der Waals surface area contributed by atoms with Crippen molar-refractivity contribution in [1.82, 2.24) is 9.38 Å². The van der Waals surface area contributed by atoms with Gasteiger partial charge in [-0.15, -0.1) is 0 Å². The van der Waals surface area contributed by atoms with Crippen LogP contribution in [0.25, 0.3) is 16.9 Å². The Bertz CT molecular complexity index is 921. The zero-order valence-corrected chi connectivity index (χ0v) is 12.0. The Kier molecular flexibility index (Phi) is 3.48. The summed E-state index contributed by atoms with van der Waals surface area (Å²) in [6.07, 6.45) is -2.32. The maximum Gasteiger partial charge on any atom is 0.417 e. The lowest BCUT2D eigenvalue weighted by atomic mass is 10.1. The second-order valence-electron chi connectivity index (χ2n) is 4.74. The van der Waals surface area contributed by atoms with E-state index in [4.69, 9.17) is 11.6 Å². The number of rotatable bonds is 2. The maximum atomic E-state index is 12.8. The third-order valence-corrected chi connectivity index (χ3v) is 3.46. The largest absolute Gasteiger partial charge is 0.417 e.